The number of ether oxygens (including phenoxy) is 2. The van der Waals surface area contributed by atoms with Gasteiger partial charge in [0.25, 0.3) is 0 Å². The lowest BCUT2D eigenvalue weighted by Gasteiger charge is -2.26. The van der Waals surface area contributed by atoms with Crippen LogP contribution in [-0.2, 0) is 20.5 Å². The summed E-state index contributed by atoms with van der Waals surface area (Å²) >= 11 is 0. The maximum Gasteiger partial charge on any atom is 0.243 e. The van der Waals surface area contributed by atoms with Crippen molar-refractivity contribution in [2.45, 2.75) is 18.8 Å². The molecular formula is C23H23NO4S. The Balaban J connectivity index is 1.76. The number of aryl methyl sites for hydroxylation is 1. The molecule has 6 heteroatoms. The Labute approximate surface area is 171 Å². The lowest BCUT2D eigenvalue weighted by molar-refractivity contribution is 0.264. The Morgan fingerprint density at radius 2 is 1.62 bits per heavy atom. The van der Waals surface area contributed by atoms with Crippen molar-refractivity contribution in [3.8, 4) is 5.75 Å². The lowest BCUT2D eigenvalue weighted by atomic mass is 10.1. The Morgan fingerprint density at radius 1 is 0.966 bits per heavy atom. The van der Waals surface area contributed by atoms with Gasteiger partial charge in [0.1, 0.15) is 18.5 Å². The summed E-state index contributed by atoms with van der Waals surface area (Å²) in [7, 11) is -3.73. The van der Waals surface area contributed by atoms with Crippen LogP contribution in [0.2, 0.25) is 0 Å². The number of hydrogen-bond donors (Lipinski definition) is 0. The second kappa shape index (κ2) is 8.27. The van der Waals surface area contributed by atoms with Crippen molar-refractivity contribution in [2.75, 3.05) is 17.5 Å². The topological polar surface area (TPSA) is 59.1 Å². The largest absolute Gasteiger partial charge is 0.489 e. The molecule has 0 aliphatic carbocycles. The minimum Gasteiger partial charge on any atom is -0.489 e. The van der Waals surface area contributed by atoms with Crippen molar-refractivity contribution in [1.82, 2.24) is 0 Å². The van der Waals surface area contributed by atoms with Gasteiger partial charge in [-0.25, -0.2) is 12.7 Å². The van der Waals surface area contributed by atoms with E-state index in [4.69, 9.17) is 9.47 Å². The standard InChI is InChI=1S/C23H23NO4S/c1-18-9-5-6-10-19(18)17-29(25,26)24(20-11-3-2-4-12-20)22-13-7-8-14-23(22)28-16-21-15-27-21/h2-14,21H,15-17H2,1H3. The Bertz CT molecular complexity index is 1080. The fourth-order valence-corrected chi connectivity index (χ4v) is 4.88. The molecule has 1 fully saturated rings. The van der Waals surface area contributed by atoms with Crippen LogP contribution >= 0.6 is 0 Å². The van der Waals surface area contributed by atoms with E-state index in [1.165, 1.54) is 4.31 Å². The van der Waals surface area contributed by atoms with Gasteiger partial charge in [0, 0.05) is 0 Å². The summed E-state index contributed by atoms with van der Waals surface area (Å²) in [5, 5.41) is 0. The van der Waals surface area contributed by atoms with E-state index in [9.17, 15) is 8.42 Å². The monoisotopic (exact) mass is 409 g/mol. The average Bonchev–Trinajstić information content (AvgIpc) is 3.54. The molecule has 1 atom stereocenters. The van der Waals surface area contributed by atoms with E-state index in [0.29, 0.717) is 30.3 Å². The van der Waals surface area contributed by atoms with E-state index in [1.807, 2.05) is 61.5 Å². The van der Waals surface area contributed by atoms with Gasteiger partial charge in [-0.05, 0) is 42.3 Å². The van der Waals surface area contributed by atoms with Crippen LogP contribution in [0.15, 0.2) is 78.9 Å². The number of nitrogens with zero attached hydrogens (tertiary/aromatic N) is 1. The molecule has 0 saturated carbocycles. The maximum absolute atomic E-state index is 13.6. The fraction of sp³-hybridized carbons (Fsp3) is 0.217. The molecule has 5 nitrogen and oxygen atoms in total. The molecule has 0 N–H and O–H groups in total. The third kappa shape index (κ3) is 4.60. The predicted octanol–water partition coefficient (Wildman–Crippen LogP) is 4.44. The first-order chi connectivity index (χ1) is 14.0. The number of epoxide rings is 1. The van der Waals surface area contributed by atoms with Gasteiger partial charge in [0.15, 0.2) is 0 Å². The molecule has 4 rings (SSSR count). The Kier molecular flexibility index (Phi) is 5.56. The van der Waals surface area contributed by atoms with Crippen molar-refractivity contribution in [1.29, 1.82) is 0 Å². The highest BCUT2D eigenvalue weighted by Gasteiger charge is 2.29. The van der Waals surface area contributed by atoms with E-state index < -0.39 is 10.0 Å². The third-order valence-corrected chi connectivity index (χ3v) is 6.42. The number of sulfonamides is 1. The molecule has 0 spiro atoms. The highest BCUT2D eigenvalue weighted by molar-refractivity contribution is 7.92. The van der Waals surface area contributed by atoms with E-state index >= 15 is 0 Å². The van der Waals surface area contributed by atoms with E-state index in [1.54, 1.807) is 24.3 Å². The normalized spacial score (nSPS) is 15.7. The molecule has 29 heavy (non-hydrogen) atoms. The SMILES string of the molecule is Cc1ccccc1CS(=O)(=O)N(c1ccccc1)c1ccccc1OCC1CO1. The third-order valence-electron chi connectivity index (χ3n) is 4.78. The first kappa shape index (κ1) is 19.5. The molecule has 0 aromatic heterocycles. The first-order valence-corrected chi connectivity index (χ1v) is 11.1. The van der Waals surface area contributed by atoms with Gasteiger partial charge in [-0.15, -0.1) is 0 Å². The van der Waals surface area contributed by atoms with Crippen LogP contribution in [0.4, 0.5) is 11.4 Å². The second-order valence-electron chi connectivity index (χ2n) is 7.02. The van der Waals surface area contributed by atoms with Crippen molar-refractivity contribution < 1.29 is 17.9 Å². The zero-order chi connectivity index (χ0) is 20.3. The summed E-state index contributed by atoms with van der Waals surface area (Å²) in [4.78, 5) is 0. The Hall–Kier alpha value is -2.83. The quantitative estimate of drug-likeness (QED) is 0.516. The Morgan fingerprint density at radius 3 is 2.34 bits per heavy atom. The molecule has 1 heterocycles. The zero-order valence-corrected chi connectivity index (χ0v) is 17.0. The number of hydrogen-bond acceptors (Lipinski definition) is 4. The molecule has 0 radical (unpaired) electrons. The van der Waals surface area contributed by atoms with Crippen molar-refractivity contribution in [2.24, 2.45) is 0 Å². The van der Waals surface area contributed by atoms with Gasteiger partial charge >= 0.3 is 0 Å². The molecule has 3 aromatic carbocycles. The van der Waals surface area contributed by atoms with Crippen LogP contribution in [0.5, 0.6) is 5.75 Å². The molecule has 0 amide bonds. The molecule has 1 aliphatic heterocycles. The molecule has 3 aromatic rings. The highest BCUT2D eigenvalue weighted by atomic mass is 32.2. The number of anilines is 2. The van der Waals surface area contributed by atoms with E-state index in [0.717, 1.165) is 11.1 Å². The highest BCUT2D eigenvalue weighted by Crippen LogP contribution is 2.37. The molecule has 1 saturated heterocycles. The maximum atomic E-state index is 13.6. The zero-order valence-electron chi connectivity index (χ0n) is 16.2. The predicted molar refractivity (Wildman–Crippen MR) is 114 cm³/mol. The van der Waals surface area contributed by atoms with Gasteiger partial charge in [0.2, 0.25) is 10.0 Å². The first-order valence-electron chi connectivity index (χ1n) is 9.50. The number of benzene rings is 3. The number of rotatable bonds is 8. The van der Waals surface area contributed by atoms with Crippen LogP contribution in [0.25, 0.3) is 0 Å². The molecule has 1 aliphatic rings. The van der Waals surface area contributed by atoms with Crippen molar-refractivity contribution in [3.63, 3.8) is 0 Å². The average molecular weight is 410 g/mol. The minimum absolute atomic E-state index is 0.0804. The van der Waals surface area contributed by atoms with Gasteiger partial charge in [-0.1, -0.05) is 54.6 Å². The molecule has 0 bridgehead atoms. The van der Waals surface area contributed by atoms with Crippen LogP contribution in [0.3, 0.4) is 0 Å². The summed E-state index contributed by atoms with van der Waals surface area (Å²) < 4.78 is 39.7. The van der Waals surface area contributed by atoms with E-state index in [2.05, 4.69) is 0 Å². The number of para-hydroxylation sites is 3. The van der Waals surface area contributed by atoms with Crippen molar-refractivity contribution in [3.05, 3.63) is 90.0 Å². The van der Waals surface area contributed by atoms with Crippen LogP contribution in [0.1, 0.15) is 11.1 Å². The summed E-state index contributed by atoms with van der Waals surface area (Å²) in [6.45, 7) is 3.00. The van der Waals surface area contributed by atoms with Gasteiger partial charge in [-0.3, -0.25) is 0 Å². The summed E-state index contributed by atoms with van der Waals surface area (Å²) in [6.07, 6.45) is 0.0804. The second-order valence-corrected chi connectivity index (χ2v) is 8.83. The smallest absolute Gasteiger partial charge is 0.243 e. The molecular weight excluding hydrogens is 386 g/mol. The minimum atomic E-state index is -3.73. The van der Waals surface area contributed by atoms with Crippen molar-refractivity contribution >= 4 is 21.4 Å². The summed E-state index contributed by atoms with van der Waals surface area (Å²) in [5.41, 5.74) is 2.78. The summed E-state index contributed by atoms with van der Waals surface area (Å²) in [6, 6.07) is 23.8. The van der Waals surface area contributed by atoms with Crippen LogP contribution in [-0.4, -0.2) is 27.7 Å². The van der Waals surface area contributed by atoms with Gasteiger partial charge in [0.05, 0.1) is 23.7 Å². The summed E-state index contributed by atoms with van der Waals surface area (Å²) in [5.74, 6) is 0.412. The lowest BCUT2D eigenvalue weighted by Crippen LogP contribution is -2.28. The molecule has 150 valence electrons. The fourth-order valence-electron chi connectivity index (χ4n) is 3.14. The van der Waals surface area contributed by atoms with E-state index in [-0.39, 0.29) is 11.9 Å². The molecule has 1 unspecified atom stereocenters. The van der Waals surface area contributed by atoms with Gasteiger partial charge in [-0.2, -0.15) is 0 Å². The van der Waals surface area contributed by atoms with Crippen LogP contribution < -0.4 is 9.04 Å². The van der Waals surface area contributed by atoms with Crippen LogP contribution in [0, 0.1) is 6.92 Å². The van der Waals surface area contributed by atoms with Gasteiger partial charge < -0.3 is 9.47 Å².